The topological polar surface area (TPSA) is 96.0 Å². The quantitative estimate of drug-likeness (QED) is 0.283. The lowest BCUT2D eigenvalue weighted by Gasteiger charge is -2.33. The summed E-state index contributed by atoms with van der Waals surface area (Å²) in [5.41, 5.74) is 3.14. The van der Waals surface area contributed by atoms with Crippen molar-refractivity contribution >= 4 is 27.5 Å². The van der Waals surface area contributed by atoms with Crippen molar-refractivity contribution in [1.29, 1.82) is 0 Å². The maximum Gasteiger partial charge on any atom is 0.264 e. The van der Waals surface area contributed by atoms with E-state index in [9.17, 15) is 18.0 Å². The fourth-order valence-corrected chi connectivity index (χ4v) is 6.81. The largest absolute Gasteiger partial charge is 0.494 e. The highest BCUT2D eigenvalue weighted by Crippen LogP contribution is 2.27. The first kappa shape index (κ1) is 32.1. The van der Waals surface area contributed by atoms with Gasteiger partial charge in [-0.3, -0.25) is 13.9 Å². The highest BCUT2D eigenvalue weighted by molar-refractivity contribution is 7.92. The number of ether oxygens (including phenoxy) is 1. The van der Waals surface area contributed by atoms with Crippen molar-refractivity contribution in [2.24, 2.45) is 0 Å². The average Bonchev–Trinajstić information content (AvgIpc) is 2.99. The molecule has 2 amide bonds. The summed E-state index contributed by atoms with van der Waals surface area (Å²) >= 11 is 0. The molecule has 1 fully saturated rings. The van der Waals surface area contributed by atoms with Crippen molar-refractivity contribution in [3.63, 3.8) is 0 Å². The van der Waals surface area contributed by atoms with Gasteiger partial charge in [0.1, 0.15) is 18.3 Å². The Morgan fingerprint density at radius 1 is 0.930 bits per heavy atom. The first-order chi connectivity index (χ1) is 20.6. The third kappa shape index (κ3) is 8.38. The molecule has 1 aliphatic carbocycles. The Morgan fingerprint density at radius 3 is 2.23 bits per heavy atom. The Bertz CT molecular complexity index is 1480. The molecule has 43 heavy (non-hydrogen) atoms. The number of aryl methyl sites for hydroxylation is 2. The van der Waals surface area contributed by atoms with Gasteiger partial charge in [0.05, 0.1) is 17.2 Å². The van der Waals surface area contributed by atoms with E-state index in [0.717, 1.165) is 53.1 Å². The number of nitrogens with zero attached hydrogens (tertiary/aromatic N) is 2. The number of carbonyl (C=O) groups excluding carboxylic acids is 2. The first-order valence-corrected chi connectivity index (χ1v) is 16.5. The Balaban J connectivity index is 1.68. The number of hydrogen-bond donors (Lipinski definition) is 1. The summed E-state index contributed by atoms with van der Waals surface area (Å²) in [6.45, 7) is 7.59. The minimum absolute atomic E-state index is 0.0770. The predicted molar refractivity (Wildman–Crippen MR) is 170 cm³/mol. The highest BCUT2D eigenvalue weighted by Gasteiger charge is 2.33. The minimum Gasteiger partial charge on any atom is -0.494 e. The fourth-order valence-electron chi connectivity index (χ4n) is 5.40. The van der Waals surface area contributed by atoms with E-state index in [4.69, 9.17) is 4.74 Å². The zero-order chi connectivity index (χ0) is 31.0. The second-order valence-electron chi connectivity index (χ2n) is 11.3. The third-order valence-electron chi connectivity index (χ3n) is 7.88. The molecule has 0 radical (unpaired) electrons. The maximum absolute atomic E-state index is 14.2. The van der Waals surface area contributed by atoms with Crippen molar-refractivity contribution in [2.45, 2.75) is 83.3 Å². The van der Waals surface area contributed by atoms with Crippen LogP contribution in [0, 0.1) is 13.8 Å². The molecule has 0 aromatic heterocycles. The predicted octanol–water partition coefficient (Wildman–Crippen LogP) is 5.76. The zero-order valence-electron chi connectivity index (χ0n) is 25.6. The van der Waals surface area contributed by atoms with Gasteiger partial charge in [-0.25, -0.2) is 8.42 Å². The van der Waals surface area contributed by atoms with Crippen molar-refractivity contribution < 1.29 is 22.7 Å². The second-order valence-corrected chi connectivity index (χ2v) is 13.1. The lowest BCUT2D eigenvalue weighted by molar-refractivity contribution is -0.139. The molecule has 0 saturated heterocycles. The number of benzene rings is 3. The lowest BCUT2D eigenvalue weighted by atomic mass is 9.95. The van der Waals surface area contributed by atoms with Gasteiger partial charge in [0.15, 0.2) is 0 Å². The molecule has 0 spiro atoms. The molecule has 1 N–H and O–H groups in total. The van der Waals surface area contributed by atoms with Crippen LogP contribution < -0.4 is 14.4 Å². The normalized spacial score (nSPS) is 14.5. The van der Waals surface area contributed by atoms with Gasteiger partial charge in [0, 0.05) is 12.6 Å². The summed E-state index contributed by atoms with van der Waals surface area (Å²) in [5, 5.41) is 3.14. The van der Waals surface area contributed by atoms with Crippen LogP contribution in [0.2, 0.25) is 0 Å². The van der Waals surface area contributed by atoms with Crippen LogP contribution >= 0.6 is 0 Å². The Morgan fingerprint density at radius 2 is 1.60 bits per heavy atom. The molecule has 0 unspecified atom stereocenters. The van der Waals surface area contributed by atoms with E-state index in [0.29, 0.717) is 18.0 Å². The molecule has 3 aromatic carbocycles. The van der Waals surface area contributed by atoms with Crippen LogP contribution in [0.3, 0.4) is 0 Å². The standard InChI is InChI=1S/C34H43N3O5S/c1-5-42-31-18-16-30(17-19-31)37(43(40,41)32-20-14-25(2)15-21-32)24-33(38)36(23-28-11-9-10-26(3)22-28)27(4)34(39)35-29-12-7-6-8-13-29/h9-11,14-22,27,29H,5-8,12-13,23-24H2,1-4H3,(H,35,39)/t27-/m0/s1. The molecule has 0 aliphatic heterocycles. The zero-order valence-corrected chi connectivity index (χ0v) is 26.4. The van der Waals surface area contributed by atoms with Crippen LogP contribution in [0.1, 0.15) is 62.6 Å². The minimum atomic E-state index is -4.13. The number of nitrogens with one attached hydrogen (secondary N) is 1. The molecule has 0 bridgehead atoms. The van der Waals surface area contributed by atoms with Gasteiger partial charge < -0.3 is 15.0 Å². The summed E-state index contributed by atoms with van der Waals surface area (Å²) in [6, 6.07) is 20.2. The van der Waals surface area contributed by atoms with Crippen molar-refractivity contribution in [2.75, 3.05) is 17.5 Å². The molecule has 4 rings (SSSR count). The summed E-state index contributed by atoms with van der Waals surface area (Å²) < 4.78 is 34.7. The van der Waals surface area contributed by atoms with E-state index in [2.05, 4.69) is 5.32 Å². The van der Waals surface area contributed by atoms with Gasteiger partial charge in [0.25, 0.3) is 10.0 Å². The maximum atomic E-state index is 14.2. The van der Waals surface area contributed by atoms with Crippen LogP contribution in [0.5, 0.6) is 5.75 Å². The SMILES string of the molecule is CCOc1ccc(N(CC(=O)N(Cc2cccc(C)c2)[C@@H](C)C(=O)NC2CCCCC2)S(=O)(=O)c2ccc(C)cc2)cc1. The third-order valence-corrected chi connectivity index (χ3v) is 9.67. The Kier molecular flexibility index (Phi) is 10.9. The summed E-state index contributed by atoms with van der Waals surface area (Å²) in [4.78, 5) is 29.2. The smallest absolute Gasteiger partial charge is 0.264 e. The monoisotopic (exact) mass is 605 g/mol. The van der Waals surface area contributed by atoms with Gasteiger partial charge >= 0.3 is 0 Å². The molecule has 1 saturated carbocycles. The molecule has 1 aliphatic rings. The first-order valence-electron chi connectivity index (χ1n) is 15.1. The van der Waals surface area contributed by atoms with Crippen molar-refractivity contribution in [3.8, 4) is 5.75 Å². The van der Waals surface area contributed by atoms with Gasteiger partial charge in [-0.15, -0.1) is 0 Å². The van der Waals surface area contributed by atoms with Crippen LogP contribution in [-0.2, 0) is 26.2 Å². The van der Waals surface area contributed by atoms with E-state index in [1.54, 1.807) is 55.5 Å². The molecule has 0 heterocycles. The van der Waals surface area contributed by atoms with E-state index < -0.39 is 28.5 Å². The molecule has 230 valence electrons. The molecule has 3 aromatic rings. The second kappa shape index (κ2) is 14.6. The van der Waals surface area contributed by atoms with Crippen molar-refractivity contribution in [1.82, 2.24) is 10.2 Å². The number of amides is 2. The van der Waals surface area contributed by atoms with Crippen LogP contribution in [0.25, 0.3) is 0 Å². The van der Waals surface area contributed by atoms with Gasteiger partial charge in [-0.2, -0.15) is 0 Å². The van der Waals surface area contributed by atoms with Crippen LogP contribution in [0.4, 0.5) is 5.69 Å². The van der Waals surface area contributed by atoms with E-state index in [-0.39, 0.29) is 23.4 Å². The summed E-state index contributed by atoms with van der Waals surface area (Å²) in [6.07, 6.45) is 5.14. The van der Waals surface area contributed by atoms with Gasteiger partial charge in [-0.1, -0.05) is 66.8 Å². The number of carbonyl (C=O) groups is 2. The summed E-state index contributed by atoms with van der Waals surface area (Å²) in [7, 11) is -4.13. The highest BCUT2D eigenvalue weighted by atomic mass is 32.2. The van der Waals surface area contributed by atoms with Crippen LogP contribution in [0.15, 0.2) is 77.7 Å². The molecule has 1 atom stereocenters. The fraction of sp³-hybridized carbons (Fsp3) is 0.412. The Labute approximate surface area is 256 Å². The van der Waals surface area contributed by atoms with Crippen LogP contribution in [-0.4, -0.2) is 50.4 Å². The number of sulfonamides is 1. The average molecular weight is 606 g/mol. The van der Waals surface area contributed by atoms with Gasteiger partial charge in [-0.05, 0) is 82.5 Å². The molecular weight excluding hydrogens is 562 g/mol. The number of hydrogen-bond acceptors (Lipinski definition) is 5. The lowest BCUT2D eigenvalue weighted by Crippen LogP contribution is -2.53. The Hall–Kier alpha value is -3.85. The molecule has 9 heteroatoms. The van der Waals surface area contributed by atoms with E-state index in [1.165, 1.54) is 4.90 Å². The molecular formula is C34H43N3O5S. The number of rotatable bonds is 12. The van der Waals surface area contributed by atoms with E-state index in [1.807, 2.05) is 45.0 Å². The van der Waals surface area contributed by atoms with Crippen molar-refractivity contribution in [3.05, 3.63) is 89.5 Å². The summed E-state index contributed by atoms with van der Waals surface area (Å²) in [5.74, 6) is -0.112. The number of anilines is 1. The molecule has 8 nitrogen and oxygen atoms in total. The van der Waals surface area contributed by atoms with Gasteiger partial charge in [0.2, 0.25) is 11.8 Å². The van der Waals surface area contributed by atoms with E-state index >= 15 is 0 Å².